The average Bonchev–Trinajstić information content (AvgIpc) is 3.33. The highest BCUT2D eigenvalue weighted by atomic mass is 16.5. The Morgan fingerprint density at radius 3 is 2.86 bits per heavy atom. The topological polar surface area (TPSA) is 65.0 Å². The number of pyridine rings is 1. The fourth-order valence-electron chi connectivity index (χ4n) is 2.22. The predicted octanol–water partition coefficient (Wildman–Crippen LogP) is 2.52. The highest BCUT2D eigenvalue weighted by molar-refractivity contribution is 5.90. The van der Waals surface area contributed by atoms with E-state index in [2.05, 4.69) is 15.0 Å². The number of aromatic nitrogens is 3. The first-order valence-electron chi connectivity index (χ1n) is 7.20. The number of nitrogens with zero attached hydrogens (tertiary/aromatic N) is 3. The zero-order valence-electron chi connectivity index (χ0n) is 12.0. The molecule has 0 aliphatic heterocycles. The standard InChI is InChI=1S/C16H17N3O2/c1-2-21-16(20)13-10-18-14(19-15(13)11-6-7-11)9-12-5-3-4-8-17-12/h3-5,8,10-11H,2,6-7,9H2,1H3. The van der Waals surface area contributed by atoms with Crippen molar-refractivity contribution in [3.8, 4) is 0 Å². The number of carbonyl (C=O) groups is 1. The average molecular weight is 283 g/mol. The Morgan fingerprint density at radius 1 is 1.33 bits per heavy atom. The Labute approximate surface area is 123 Å². The lowest BCUT2D eigenvalue weighted by Crippen LogP contribution is -2.12. The van der Waals surface area contributed by atoms with Crippen LogP contribution in [-0.2, 0) is 11.2 Å². The highest BCUT2D eigenvalue weighted by Crippen LogP contribution is 2.40. The van der Waals surface area contributed by atoms with Gasteiger partial charge in [-0.25, -0.2) is 14.8 Å². The minimum atomic E-state index is -0.330. The molecule has 0 saturated heterocycles. The lowest BCUT2D eigenvalue weighted by Gasteiger charge is -2.08. The van der Waals surface area contributed by atoms with E-state index < -0.39 is 0 Å². The molecule has 0 amide bonds. The molecule has 1 fully saturated rings. The van der Waals surface area contributed by atoms with E-state index in [0.29, 0.717) is 30.3 Å². The Morgan fingerprint density at radius 2 is 2.19 bits per heavy atom. The Kier molecular flexibility index (Phi) is 3.90. The van der Waals surface area contributed by atoms with Crippen molar-refractivity contribution in [1.29, 1.82) is 0 Å². The maximum absolute atomic E-state index is 12.0. The van der Waals surface area contributed by atoms with Gasteiger partial charge in [-0.15, -0.1) is 0 Å². The van der Waals surface area contributed by atoms with Crippen LogP contribution in [0.15, 0.2) is 30.6 Å². The summed E-state index contributed by atoms with van der Waals surface area (Å²) in [4.78, 5) is 25.1. The van der Waals surface area contributed by atoms with Crippen LogP contribution in [0.25, 0.3) is 0 Å². The second kappa shape index (κ2) is 5.99. The van der Waals surface area contributed by atoms with Gasteiger partial charge in [0, 0.05) is 24.0 Å². The molecule has 1 saturated carbocycles. The summed E-state index contributed by atoms with van der Waals surface area (Å²) in [7, 11) is 0. The molecule has 2 heterocycles. The smallest absolute Gasteiger partial charge is 0.341 e. The fraction of sp³-hybridized carbons (Fsp3) is 0.375. The summed E-state index contributed by atoms with van der Waals surface area (Å²) >= 11 is 0. The predicted molar refractivity (Wildman–Crippen MR) is 77.0 cm³/mol. The van der Waals surface area contributed by atoms with E-state index >= 15 is 0 Å². The third-order valence-electron chi connectivity index (χ3n) is 3.39. The van der Waals surface area contributed by atoms with E-state index in [4.69, 9.17) is 4.74 Å². The van der Waals surface area contributed by atoms with Gasteiger partial charge in [0.15, 0.2) is 0 Å². The molecule has 0 spiro atoms. The van der Waals surface area contributed by atoms with Crippen LogP contribution in [0, 0.1) is 0 Å². The van der Waals surface area contributed by atoms with Crippen LogP contribution in [0.5, 0.6) is 0 Å². The summed E-state index contributed by atoms with van der Waals surface area (Å²) in [6.07, 6.45) is 6.07. The van der Waals surface area contributed by atoms with Gasteiger partial charge in [-0.05, 0) is 31.9 Å². The number of ether oxygens (including phenoxy) is 1. The van der Waals surface area contributed by atoms with Crippen LogP contribution in [0.4, 0.5) is 0 Å². The first kappa shape index (κ1) is 13.7. The molecule has 0 N–H and O–H groups in total. The van der Waals surface area contributed by atoms with Crippen LogP contribution >= 0.6 is 0 Å². The number of hydrogen-bond donors (Lipinski definition) is 0. The molecule has 2 aromatic rings. The maximum atomic E-state index is 12.0. The van der Waals surface area contributed by atoms with E-state index in [9.17, 15) is 4.79 Å². The Bertz CT molecular complexity index is 639. The van der Waals surface area contributed by atoms with Gasteiger partial charge in [0.05, 0.1) is 24.3 Å². The molecule has 0 radical (unpaired) electrons. The van der Waals surface area contributed by atoms with Crippen molar-refractivity contribution in [2.45, 2.75) is 32.1 Å². The molecule has 1 aliphatic rings. The number of esters is 1. The van der Waals surface area contributed by atoms with E-state index in [1.807, 2.05) is 18.2 Å². The lowest BCUT2D eigenvalue weighted by molar-refractivity contribution is 0.0524. The van der Waals surface area contributed by atoms with Crippen LogP contribution < -0.4 is 0 Å². The third-order valence-corrected chi connectivity index (χ3v) is 3.39. The van der Waals surface area contributed by atoms with Gasteiger partial charge in [-0.2, -0.15) is 0 Å². The molecular weight excluding hydrogens is 266 g/mol. The zero-order valence-corrected chi connectivity index (χ0v) is 12.0. The highest BCUT2D eigenvalue weighted by Gasteiger charge is 2.31. The number of carbonyl (C=O) groups excluding carboxylic acids is 1. The first-order chi connectivity index (χ1) is 10.3. The van der Waals surface area contributed by atoms with Crippen molar-refractivity contribution in [3.05, 3.63) is 53.4 Å². The summed E-state index contributed by atoms with van der Waals surface area (Å²) < 4.78 is 5.07. The second-order valence-corrected chi connectivity index (χ2v) is 5.08. The van der Waals surface area contributed by atoms with Crippen molar-refractivity contribution in [2.75, 3.05) is 6.61 Å². The minimum absolute atomic E-state index is 0.330. The van der Waals surface area contributed by atoms with E-state index in [0.717, 1.165) is 24.2 Å². The summed E-state index contributed by atoms with van der Waals surface area (Å²) in [5.41, 5.74) is 2.25. The van der Waals surface area contributed by atoms with Gasteiger partial charge in [0.25, 0.3) is 0 Å². The molecule has 1 aliphatic carbocycles. The van der Waals surface area contributed by atoms with Crippen LogP contribution in [0.3, 0.4) is 0 Å². The van der Waals surface area contributed by atoms with E-state index in [1.165, 1.54) is 0 Å². The molecule has 21 heavy (non-hydrogen) atoms. The normalized spacial score (nSPS) is 14.0. The number of hydrogen-bond acceptors (Lipinski definition) is 5. The summed E-state index contributed by atoms with van der Waals surface area (Å²) in [6.45, 7) is 2.16. The second-order valence-electron chi connectivity index (χ2n) is 5.08. The van der Waals surface area contributed by atoms with Gasteiger partial charge >= 0.3 is 5.97 Å². The van der Waals surface area contributed by atoms with Crippen molar-refractivity contribution in [1.82, 2.24) is 15.0 Å². The van der Waals surface area contributed by atoms with Gasteiger partial charge in [-0.3, -0.25) is 4.98 Å². The zero-order chi connectivity index (χ0) is 14.7. The van der Waals surface area contributed by atoms with Gasteiger partial charge in [-0.1, -0.05) is 6.07 Å². The molecule has 3 rings (SSSR count). The Hall–Kier alpha value is -2.30. The molecule has 0 unspecified atom stereocenters. The molecule has 0 aromatic carbocycles. The van der Waals surface area contributed by atoms with Gasteiger partial charge in [0.2, 0.25) is 0 Å². The van der Waals surface area contributed by atoms with E-state index in [-0.39, 0.29) is 5.97 Å². The molecule has 2 aromatic heterocycles. The molecule has 5 nitrogen and oxygen atoms in total. The molecular formula is C16H17N3O2. The molecule has 5 heteroatoms. The summed E-state index contributed by atoms with van der Waals surface area (Å²) in [5.74, 6) is 0.738. The first-order valence-corrected chi connectivity index (χ1v) is 7.20. The van der Waals surface area contributed by atoms with Gasteiger partial charge < -0.3 is 4.74 Å². The van der Waals surface area contributed by atoms with Crippen molar-refractivity contribution in [2.24, 2.45) is 0 Å². The summed E-state index contributed by atoms with van der Waals surface area (Å²) in [5, 5.41) is 0. The van der Waals surface area contributed by atoms with Crippen LogP contribution in [0.1, 0.15) is 53.3 Å². The van der Waals surface area contributed by atoms with Crippen molar-refractivity contribution < 1.29 is 9.53 Å². The monoisotopic (exact) mass is 283 g/mol. The molecule has 0 bridgehead atoms. The van der Waals surface area contributed by atoms with Gasteiger partial charge in [0.1, 0.15) is 5.82 Å². The van der Waals surface area contributed by atoms with Crippen LogP contribution in [-0.4, -0.2) is 27.5 Å². The third kappa shape index (κ3) is 3.24. The molecule has 0 atom stereocenters. The minimum Gasteiger partial charge on any atom is -0.462 e. The van der Waals surface area contributed by atoms with Crippen molar-refractivity contribution in [3.63, 3.8) is 0 Å². The molecule has 108 valence electrons. The SMILES string of the molecule is CCOC(=O)c1cnc(Cc2ccccn2)nc1C1CC1. The fourth-order valence-corrected chi connectivity index (χ4v) is 2.22. The van der Waals surface area contributed by atoms with E-state index in [1.54, 1.807) is 19.3 Å². The van der Waals surface area contributed by atoms with Crippen molar-refractivity contribution >= 4 is 5.97 Å². The quantitative estimate of drug-likeness (QED) is 0.789. The van der Waals surface area contributed by atoms with Crippen LogP contribution in [0.2, 0.25) is 0 Å². The largest absolute Gasteiger partial charge is 0.462 e. The Balaban J connectivity index is 1.87. The number of rotatable bonds is 5. The maximum Gasteiger partial charge on any atom is 0.341 e. The summed E-state index contributed by atoms with van der Waals surface area (Å²) in [6, 6.07) is 5.76. The lowest BCUT2D eigenvalue weighted by atomic mass is 10.1.